The van der Waals surface area contributed by atoms with Crippen LogP contribution >= 0.6 is 0 Å². The fourth-order valence-corrected chi connectivity index (χ4v) is 7.17. The van der Waals surface area contributed by atoms with Gasteiger partial charge in [-0.25, -0.2) is 4.79 Å². The maximum atomic E-state index is 13.7. The summed E-state index contributed by atoms with van der Waals surface area (Å²) in [5.74, 6) is 1.55. The number of esters is 1. The quantitative estimate of drug-likeness (QED) is 0.591. The number of benzene rings is 1. The van der Waals surface area contributed by atoms with Crippen molar-refractivity contribution in [3.63, 3.8) is 0 Å². The van der Waals surface area contributed by atoms with Gasteiger partial charge in [-0.05, 0) is 74.0 Å². The fourth-order valence-electron chi connectivity index (χ4n) is 7.17. The van der Waals surface area contributed by atoms with Crippen molar-refractivity contribution in [3.05, 3.63) is 29.8 Å². The van der Waals surface area contributed by atoms with E-state index in [1.807, 2.05) is 24.3 Å². The second-order valence-electron chi connectivity index (χ2n) is 10.8. The average molecular weight is 471 g/mol. The van der Waals surface area contributed by atoms with Gasteiger partial charge in [-0.1, -0.05) is 12.1 Å². The van der Waals surface area contributed by atoms with Gasteiger partial charge in [-0.3, -0.25) is 9.59 Å². The first-order valence-corrected chi connectivity index (χ1v) is 12.4. The molecule has 0 spiro atoms. The van der Waals surface area contributed by atoms with E-state index in [1.165, 1.54) is 19.3 Å². The molecule has 4 bridgehead atoms. The van der Waals surface area contributed by atoms with E-state index in [1.54, 1.807) is 12.0 Å². The number of β-amino-alcohol motifs (C(OH)–C–C–N with tert-alkyl or cyclic N) is 1. The topological polar surface area (TPSA) is 105 Å². The predicted octanol–water partition coefficient (Wildman–Crippen LogP) is 2.03. The minimum Gasteiger partial charge on any atom is -0.497 e. The second-order valence-corrected chi connectivity index (χ2v) is 10.8. The molecule has 5 fully saturated rings. The maximum Gasteiger partial charge on any atom is 0.329 e. The molecule has 1 aromatic carbocycles. The molecule has 1 saturated heterocycles. The summed E-state index contributed by atoms with van der Waals surface area (Å²) in [4.78, 5) is 40.4. The monoisotopic (exact) mass is 470 g/mol. The highest BCUT2D eigenvalue weighted by atomic mass is 16.5. The molecule has 1 aliphatic heterocycles. The minimum absolute atomic E-state index is 0.00839. The highest BCUT2D eigenvalue weighted by Gasteiger charge is 2.57. The molecule has 2 N–H and O–H groups in total. The van der Waals surface area contributed by atoms with Crippen LogP contribution < -0.4 is 10.1 Å². The zero-order valence-corrected chi connectivity index (χ0v) is 19.7. The fraction of sp³-hybridized carbons (Fsp3) is 0.654. The van der Waals surface area contributed by atoms with Gasteiger partial charge in [0.2, 0.25) is 5.91 Å². The molecule has 8 nitrogen and oxygen atoms in total. The normalized spacial score (nSPS) is 33.6. The van der Waals surface area contributed by atoms with Gasteiger partial charge < -0.3 is 24.8 Å². The number of aliphatic hydroxyl groups excluding tert-OH is 1. The average Bonchev–Trinajstić information content (AvgIpc) is 3.21. The summed E-state index contributed by atoms with van der Waals surface area (Å²) in [5.41, 5.74) is 0.513. The number of ether oxygens (including phenoxy) is 2. The lowest BCUT2D eigenvalue weighted by Gasteiger charge is -2.56. The molecule has 1 aromatic rings. The first-order valence-electron chi connectivity index (χ1n) is 12.4. The highest BCUT2D eigenvalue weighted by molar-refractivity contribution is 5.90. The first kappa shape index (κ1) is 23.1. The number of carbonyl (C=O) groups excluding carboxylic acids is 3. The summed E-state index contributed by atoms with van der Waals surface area (Å²) in [7, 11) is 1.59. The third-order valence-corrected chi connectivity index (χ3v) is 8.30. The van der Waals surface area contributed by atoms with Crippen LogP contribution in [0.1, 0.15) is 50.5 Å². The standard InChI is InChI=1S/C26H34N2O6/c1-33-21-4-2-16(3-5-21)13-27-23(30)15-34-24(31)22-9-20(29)14-28(22)25(32)26-10-17-6-18(11-26)8-19(7-17)12-26/h2-5,17-20,22,29H,6-15H2,1H3,(H,27,30). The third kappa shape index (κ3) is 4.52. The van der Waals surface area contributed by atoms with Gasteiger partial charge in [0.15, 0.2) is 6.61 Å². The van der Waals surface area contributed by atoms with E-state index in [-0.39, 0.29) is 24.3 Å². The largest absolute Gasteiger partial charge is 0.497 e. The van der Waals surface area contributed by atoms with Crippen LogP contribution in [0.25, 0.3) is 0 Å². The molecule has 1 heterocycles. The van der Waals surface area contributed by atoms with E-state index in [2.05, 4.69) is 5.32 Å². The Morgan fingerprint density at radius 3 is 2.24 bits per heavy atom. The predicted molar refractivity (Wildman–Crippen MR) is 123 cm³/mol. The molecule has 2 atom stereocenters. The summed E-state index contributed by atoms with van der Waals surface area (Å²) in [6, 6.07) is 6.48. The van der Waals surface area contributed by atoms with Gasteiger partial charge in [0.1, 0.15) is 11.8 Å². The Morgan fingerprint density at radius 1 is 1.03 bits per heavy atom. The van der Waals surface area contributed by atoms with Crippen LogP contribution in [0.3, 0.4) is 0 Å². The van der Waals surface area contributed by atoms with Crippen LogP contribution in [0.5, 0.6) is 5.75 Å². The Hall–Kier alpha value is -2.61. The Balaban J connectivity index is 1.16. The van der Waals surface area contributed by atoms with Crippen molar-refractivity contribution >= 4 is 17.8 Å². The van der Waals surface area contributed by atoms with Crippen LogP contribution in [0.4, 0.5) is 0 Å². The Labute approximate surface area is 200 Å². The van der Waals surface area contributed by atoms with Crippen molar-refractivity contribution in [2.24, 2.45) is 23.2 Å². The molecule has 2 unspecified atom stereocenters. The van der Waals surface area contributed by atoms with Crippen molar-refractivity contribution < 1.29 is 29.0 Å². The minimum atomic E-state index is -0.829. The van der Waals surface area contributed by atoms with Gasteiger partial charge in [0.25, 0.3) is 5.91 Å². The van der Waals surface area contributed by atoms with Gasteiger partial charge in [0.05, 0.1) is 18.6 Å². The van der Waals surface area contributed by atoms with Crippen molar-refractivity contribution in [2.75, 3.05) is 20.3 Å². The number of hydrogen-bond donors (Lipinski definition) is 2. The molecular formula is C26H34N2O6. The number of amides is 2. The lowest BCUT2D eigenvalue weighted by atomic mass is 9.49. The van der Waals surface area contributed by atoms with Gasteiger partial charge in [0, 0.05) is 19.5 Å². The van der Waals surface area contributed by atoms with Gasteiger partial charge >= 0.3 is 5.97 Å². The number of nitrogens with one attached hydrogen (secondary N) is 1. The number of methoxy groups -OCH3 is 1. The number of nitrogens with zero attached hydrogens (tertiary/aromatic N) is 1. The van der Waals surface area contributed by atoms with Gasteiger partial charge in [-0.2, -0.15) is 0 Å². The first-order chi connectivity index (χ1) is 16.3. The van der Waals surface area contributed by atoms with E-state index in [4.69, 9.17) is 9.47 Å². The number of carbonyl (C=O) groups is 3. The molecule has 0 aromatic heterocycles. The molecule has 8 heteroatoms. The molecular weight excluding hydrogens is 436 g/mol. The molecule has 6 rings (SSSR count). The molecule has 5 aliphatic rings. The third-order valence-electron chi connectivity index (χ3n) is 8.30. The Morgan fingerprint density at radius 2 is 1.65 bits per heavy atom. The van der Waals surface area contributed by atoms with Gasteiger partial charge in [-0.15, -0.1) is 0 Å². The van der Waals surface area contributed by atoms with E-state index >= 15 is 0 Å². The van der Waals surface area contributed by atoms with Crippen molar-refractivity contribution in [1.29, 1.82) is 0 Å². The summed E-state index contributed by atoms with van der Waals surface area (Å²) in [6.07, 6.45) is 5.80. The van der Waals surface area contributed by atoms with E-state index in [0.29, 0.717) is 24.3 Å². The summed E-state index contributed by atoms with van der Waals surface area (Å²) in [5, 5.41) is 13.0. The summed E-state index contributed by atoms with van der Waals surface area (Å²) >= 11 is 0. The Bertz CT molecular complexity index is 910. The van der Waals surface area contributed by atoms with Crippen LogP contribution in [-0.2, 0) is 25.7 Å². The van der Waals surface area contributed by atoms with Crippen molar-refractivity contribution in [1.82, 2.24) is 10.2 Å². The molecule has 2 amide bonds. The van der Waals surface area contributed by atoms with E-state index < -0.39 is 30.6 Å². The number of aliphatic hydroxyl groups is 1. The molecule has 34 heavy (non-hydrogen) atoms. The summed E-state index contributed by atoms with van der Waals surface area (Å²) in [6.45, 7) is 0.0458. The Kier molecular flexibility index (Phi) is 6.27. The zero-order chi connectivity index (χ0) is 23.9. The number of rotatable bonds is 7. The zero-order valence-electron chi connectivity index (χ0n) is 19.7. The highest BCUT2D eigenvalue weighted by Crippen LogP contribution is 2.60. The number of likely N-dealkylation sites (tertiary alicyclic amines) is 1. The van der Waals surface area contributed by atoms with E-state index in [0.717, 1.165) is 30.6 Å². The van der Waals surface area contributed by atoms with Crippen LogP contribution in [-0.4, -0.2) is 60.2 Å². The van der Waals surface area contributed by atoms with Crippen LogP contribution in [0, 0.1) is 23.2 Å². The SMILES string of the molecule is COc1ccc(CNC(=O)COC(=O)C2CC(O)CN2C(=O)C23CC4CC(CC(C4)C2)C3)cc1. The van der Waals surface area contributed by atoms with Crippen molar-refractivity contribution in [2.45, 2.75) is 63.6 Å². The summed E-state index contributed by atoms with van der Waals surface area (Å²) < 4.78 is 10.4. The molecule has 4 aliphatic carbocycles. The number of hydrogen-bond acceptors (Lipinski definition) is 6. The van der Waals surface area contributed by atoms with Crippen molar-refractivity contribution in [3.8, 4) is 5.75 Å². The van der Waals surface area contributed by atoms with Crippen LogP contribution in [0.15, 0.2) is 24.3 Å². The molecule has 184 valence electrons. The lowest BCUT2D eigenvalue weighted by molar-refractivity contribution is -0.166. The molecule has 0 radical (unpaired) electrons. The smallest absolute Gasteiger partial charge is 0.329 e. The van der Waals surface area contributed by atoms with Crippen LogP contribution in [0.2, 0.25) is 0 Å². The molecule has 4 saturated carbocycles. The lowest BCUT2D eigenvalue weighted by Crippen LogP contribution is -2.56. The van der Waals surface area contributed by atoms with E-state index in [9.17, 15) is 19.5 Å². The second kappa shape index (κ2) is 9.21. The maximum absolute atomic E-state index is 13.7.